The average Bonchev–Trinajstić information content (AvgIpc) is 2.67. The zero-order valence-corrected chi connectivity index (χ0v) is 10.9. The predicted octanol–water partition coefficient (Wildman–Crippen LogP) is 3.96. The Kier molecular flexibility index (Phi) is 3.19. The number of fused-ring (bicyclic) bond motifs is 1. The Bertz CT molecular complexity index is 505. The molecule has 0 fully saturated rings. The van der Waals surface area contributed by atoms with Gasteiger partial charge in [0, 0.05) is 0 Å². The highest BCUT2D eigenvalue weighted by atomic mass is 35.5. The van der Waals surface area contributed by atoms with Crippen molar-refractivity contribution in [3.8, 4) is 0 Å². The first-order valence-corrected chi connectivity index (χ1v) is 6.57. The highest BCUT2D eigenvalue weighted by Crippen LogP contribution is 2.33. The first-order valence-electron chi connectivity index (χ1n) is 5.38. The van der Waals surface area contributed by atoms with Crippen molar-refractivity contribution in [2.75, 3.05) is 0 Å². The Labute approximate surface area is 104 Å². The first-order chi connectivity index (χ1) is 7.59. The monoisotopic (exact) mass is 255 g/mol. The molecule has 0 saturated heterocycles. The van der Waals surface area contributed by atoms with Gasteiger partial charge < -0.3 is 5.11 Å². The smallest absolute Gasteiger partial charge is 0.184 e. The minimum absolute atomic E-state index is 0.545. The molecule has 0 atom stereocenters. The fourth-order valence-electron chi connectivity index (χ4n) is 1.85. The number of rotatable bonds is 3. The van der Waals surface area contributed by atoms with Gasteiger partial charge in [-0.2, -0.15) is 0 Å². The summed E-state index contributed by atoms with van der Waals surface area (Å²) in [7, 11) is 0. The summed E-state index contributed by atoms with van der Waals surface area (Å²) in [4.78, 5) is 4.23. The minimum atomic E-state index is -0.746. The Morgan fingerprint density at radius 3 is 2.69 bits per heavy atom. The highest BCUT2D eigenvalue weighted by molar-refractivity contribution is 7.22. The molecule has 1 heterocycles. The van der Waals surface area contributed by atoms with Crippen LogP contribution in [-0.4, -0.2) is 10.1 Å². The lowest BCUT2D eigenvalue weighted by Crippen LogP contribution is -2.23. The van der Waals surface area contributed by atoms with Gasteiger partial charge in [0.05, 0.1) is 15.8 Å². The second kappa shape index (κ2) is 4.32. The predicted molar refractivity (Wildman–Crippen MR) is 69.1 cm³/mol. The maximum Gasteiger partial charge on any atom is 0.184 e. The van der Waals surface area contributed by atoms with Gasteiger partial charge in [-0.1, -0.05) is 31.5 Å². The van der Waals surface area contributed by atoms with Gasteiger partial charge in [0.25, 0.3) is 0 Å². The van der Waals surface area contributed by atoms with Crippen molar-refractivity contribution in [1.82, 2.24) is 4.98 Å². The van der Waals surface area contributed by atoms with Crippen molar-refractivity contribution in [3.63, 3.8) is 0 Å². The molecule has 0 spiro atoms. The van der Waals surface area contributed by atoms with Gasteiger partial charge in [-0.15, -0.1) is 11.3 Å². The zero-order valence-electron chi connectivity index (χ0n) is 9.33. The summed E-state index contributed by atoms with van der Waals surface area (Å²) in [6, 6.07) is 5.87. The molecule has 0 bridgehead atoms. The molecule has 1 aromatic carbocycles. The van der Waals surface area contributed by atoms with E-state index >= 15 is 0 Å². The highest BCUT2D eigenvalue weighted by Gasteiger charge is 2.25. The molecule has 1 N–H and O–H groups in total. The Morgan fingerprint density at radius 1 is 1.38 bits per heavy atom. The Balaban J connectivity index is 2.53. The molecule has 1 aromatic heterocycles. The molecule has 2 rings (SSSR count). The van der Waals surface area contributed by atoms with Crippen LogP contribution in [0.5, 0.6) is 0 Å². The van der Waals surface area contributed by atoms with Gasteiger partial charge in [0.2, 0.25) is 0 Å². The van der Waals surface area contributed by atoms with Crippen LogP contribution in [-0.2, 0) is 5.60 Å². The summed E-state index contributed by atoms with van der Waals surface area (Å²) in [5, 5.41) is 10.4. The largest absolute Gasteiger partial charge is 0.385 e. The van der Waals surface area contributed by atoms with Crippen LogP contribution in [0.3, 0.4) is 0 Å². The lowest BCUT2D eigenvalue weighted by Gasteiger charge is -2.25. The standard InChI is InChI=1S/C12H14ClNOS/c1-3-12(15,4-2)8-5-6-10-9(7-8)14-11(13)16-10/h5-7,15H,3-4H2,1-2H3. The molecule has 2 nitrogen and oxygen atoms in total. The van der Waals surface area contributed by atoms with Crippen LogP contribution in [0.2, 0.25) is 4.47 Å². The van der Waals surface area contributed by atoms with E-state index in [0.717, 1.165) is 15.8 Å². The molecule has 16 heavy (non-hydrogen) atoms. The number of hydrogen-bond donors (Lipinski definition) is 1. The van der Waals surface area contributed by atoms with Crippen LogP contribution in [0.1, 0.15) is 32.3 Å². The van der Waals surface area contributed by atoms with Crippen molar-refractivity contribution in [2.24, 2.45) is 0 Å². The molecule has 0 amide bonds. The van der Waals surface area contributed by atoms with E-state index in [-0.39, 0.29) is 0 Å². The molecule has 0 saturated carbocycles. The number of hydrogen-bond acceptors (Lipinski definition) is 3. The molecule has 4 heteroatoms. The first kappa shape index (κ1) is 11.8. The summed E-state index contributed by atoms with van der Waals surface area (Å²) in [6.45, 7) is 3.98. The summed E-state index contributed by atoms with van der Waals surface area (Å²) in [5.41, 5.74) is 1.05. The zero-order chi connectivity index (χ0) is 11.8. The normalized spacial score (nSPS) is 12.2. The fourth-order valence-corrected chi connectivity index (χ4v) is 2.86. The van der Waals surface area contributed by atoms with E-state index in [1.54, 1.807) is 0 Å². The molecular formula is C12H14ClNOS. The maximum atomic E-state index is 10.4. The lowest BCUT2D eigenvalue weighted by molar-refractivity contribution is 0.0285. The average molecular weight is 256 g/mol. The number of aliphatic hydroxyl groups is 1. The minimum Gasteiger partial charge on any atom is -0.385 e. The molecule has 2 aromatic rings. The molecule has 86 valence electrons. The van der Waals surface area contributed by atoms with Crippen molar-refractivity contribution < 1.29 is 5.11 Å². The summed E-state index contributed by atoms with van der Waals surface area (Å²) in [6.07, 6.45) is 1.40. The van der Waals surface area contributed by atoms with E-state index in [1.165, 1.54) is 11.3 Å². The molecule has 0 aliphatic rings. The van der Waals surface area contributed by atoms with Gasteiger partial charge >= 0.3 is 0 Å². The van der Waals surface area contributed by atoms with Gasteiger partial charge in [-0.3, -0.25) is 0 Å². The van der Waals surface area contributed by atoms with Crippen molar-refractivity contribution in [1.29, 1.82) is 0 Å². The van der Waals surface area contributed by atoms with E-state index in [0.29, 0.717) is 17.3 Å². The second-order valence-corrected chi connectivity index (χ2v) is 5.50. The molecule has 0 unspecified atom stereocenters. The summed E-state index contributed by atoms with van der Waals surface area (Å²) < 4.78 is 1.60. The van der Waals surface area contributed by atoms with Gasteiger partial charge in [-0.25, -0.2) is 4.98 Å². The third kappa shape index (κ3) is 1.95. The number of aromatic nitrogens is 1. The molecule has 0 aliphatic carbocycles. The summed E-state index contributed by atoms with van der Waals surface area (Å²) in [5.74, 6) is 0. The Hall–Kier alpha value is -0.640. The second-order valence-electron chi connectivity index (χ2n) is 3.89. The van der Waals surface area contributed by atoms with Crippen LogP contribution >= 0.6 is 22.9 Å². The number of thiazole rings is 1. The lowest BCUT2D eigenvalue weighted by atomic mass is 9.88. The van der Waals surface area contributed by atoms with Crippen LogP contribution in [0.15, 0.2) is 18.2 Å². The van der Waals surface area contributed by atoms with Gasteiger partial charge in [-0.05, 0) is 30.5 Å². The third-order valence-electron chi connectivity index (χ3n) is 3.07. The van der Waals surface area contributed by atoms with Crippen molar-refractivity contribution in [2.45, 2.75) is 32.3 Å². The quantitative estimate of drug-likeness (QED) is 0.901. The van der Waals surface area contributed by atoms with E-state index < -0.39 is 5.60 Å². The third-order valence-corrected chi connectivity index (χ3v) is 4.21. The fraction of sp³-hybridized carbons (Fsp3) is 0.417. The topological polar surface area (TPSA) is 33.1 Å². The van der Waals surface area contributed by atoms with Gasteiger partial charge in [0.1, 0.15) is 0 Å². The summed E-state index contributed by atoms with van der Waals surface area (Å²) >= 11 is 7.32. The SMILES string of the molecule is CCC(O)(CC)c1ccc2sc(Cl)nc2c1. The number of benzene rings is 1. The van der Waals surface area contributed by atoms with E-state index in [9.17, 15) is 5.11 Å². The molecule has 0 radical (unpaired) electrons. The van der Waals surface area contributed by atoms with Crippen molar-refractivity contribution >= 4 is 33.2 Å². The number of halogens is 1. The van der Waals surface area contributed by atoms with Crippen LogP contribution in [0, 0.1) is 0 Å². The van der Waals surface area contributed by atoms with E-state index in [2.05, 4.69) is 4.98 Å². The maximum absolute atomic E-state index is 10.4. The molecular weight excluding hydrogens is 242 g/mol. The van der Waals surface area contributed by atoms with Crippen LogP contribution < -0.4 is 0 Å². The van der Waals surface area contributed by atoms with Gasteiger partial charge in [0.15, 0.2) is 4.47 Å². The Morgan fingerprint density at radius 2 is 2.06 bits per heavy atom. The van der Waals surface area contributed by atoms with Crippen LogP contribution in [0.4, 0.5) is 0 Å². The van der Waals surface area contributed by atoms with E-state index in [4.69, 9.17) is 11.6 Å². The van der Waals surface area contributed by atoms with Crippen molar-refractivity contribution in [3.05, 3.63) is 28.2 Å². The van der Waals surface area contributed by atoms with E-state index in [1.807, 2.05) is 32.0 Å². The number of nitrogens with zero attached hydrogens (tertiary/aromatic N) is 1. The van der Waals surface area contributed by atoms with Crippen LogP contribution in [0.25, 0.3) is 10.2 Å². The molecule has 0 aliphatic heterocycles.